The van der Waals surface area contributed by atoms with Gasteiger partial charge in [0.2, 0.25) is 5.91 Å². The third-order valence-electron chi connectivity index (χ3n) is 2.96. The number of amides is 1. The molecule has 1 atom stereocenters. The van der Waals surface area contributed by atoms with Crippen LogP contribution in [0.4, 0.5) is 5.69 Å². The van der Waals surface area contributed by atoms with E-state index in [0.717, 1.165) is 5.56 Å². The van der Waals surface area contributed by atoms with Crippen LogP contribution in [0.15, 0.2) is 23.3 Å². The molecule has 1 aliphatic heterocycles. The smallest absolute Gasteiger partial charge is 0.337 e. The second kappa shape index (κ2) is 5.41. The number of benzene rings is 1. The van der Waals surface area contributed by atoms with Crippen LogP contribution in [0.1, 0.15) is 22.3 Å². The first-order valence-corrected chi connectivity index (χ1v) is 5.72. The van der Waals surface area contributed by atoms with Gasteiger partial charge in [-0.2, -0.15) is 0 Å². The Morgan fingerprint density at radius 1 is 1.58 bits per heavy atom. The Kier molecular flexibility index (Phi) is 3.68. The van der Waals surface area contributed by atoms with Gasteiger partial charge >= 0.3 is 5.97 Å². The lowest BCUT2D eigenvalue weighted by Gasteiger charge is -2.08. The largest absolute Gasteiger partial charge is 0.465 e. The van der Waals surface area contributed by atoms with E-state index in [4.69, 9.17) is 5.53 Å². The molecule has 2 rings (SSSR count). The van der Waals surface area contributed by atoms with E-state index in [0.29, 0.717) is 24.1 Å². The minimum Gasteiger partial charge on any atom is -0.465 e. The Bertz CT molecular complexity index is 578. The third kappa shape index (κ3) is 2.66. The van der Waals surface area contributed by atoms with Gasteiger partial charge in [0.05, 0.1) is 12.7 Å². The van der Waals surface area contributed by atoms with Gasteiger partial charge in [-0.15, -0.1) is 0 Å². The average molecular weight is 260 g/mol. The van der Waals surface area contributed by atoms with Crippen LogP contribution in [0.3, 0.4) is 0 Å². The lowest BCUT2D eigenvalue weighted by atomic mass is 10.0. The molecule has 1 N–H and O–H groups in total. The summed E-state index contributed by atoms with van der Waals surface area (Å²) in [6.45, 7) is 0. The van der Waals surface area contributed by atoms with E-state index < -0.39 is 12.0 Å². The number of ether oxygens (including phenoxy) is 1. The maximum Gasteiger partial charge on any atom is 0.337 e. The molecular formula is C12H12N4O3. The number of nitrogens with zero attached hydrogens (tertiary/aromatic N) is 3. The fourth-order valence-corrected chi connectivity index (χ4v) is 1.98. The number of carbonyl (C=O) groups is 2. The summed E-state index contributed by atoms with van der Waals surface area (Å²) < 4.78 is 4.65. The third-order valence-corrected chi connectivity index (χ3v) is 2.96. The molecule has 7 nitrogen and oxygen atoms in total. The molecule has 0 spiro atoms. The highest BCUT2D eigenvalue weighted by atomic mass is 16.5. The summed E-state index contributed by atoms with van der Waals surface area (Å²) >= 11 is 0. The molecule has 0 fully saturated rings. The maximum atomic E-state index is 11.8. The molecule has 0 bridgehead atoms. The van der Waals surface area contributed by atoms with Crippen LogP contribution in [-0.2, 0) is 16.0 Å². The summed E-state index contributed by atoms with van der Waals surface area (Å²) in [6.07, 6.45) is 0.954. The summed E-state index contributed by atoms with van der Waals surface area (Å²) in [5, 5.41) is 6.14. The van der Waals surface area contributed by atoms with Crippen molar-refractivity contribution in [2.24, 2.45) is 5.11 Å². The highest BCUT2D eigenvalue weighted by Gasteiger charge is 2.23. The zero-order valence-corrected chi connectivity index (χ0v) is 10.3. The standard InChI is InChI=1S/C12H12N4O3/c1-19-12(18)8-3-4-9-7(6-8)2-5-10(15-16-13)11(17)14-9/h3-4,6,10H,2,5H2,1H3,(H,14,17). The van der Waals surface area contributed by atoms with Gasteiger partial charge in [-0.05, 0) is 42.1 Å². The number of fused-ring (bicyclic) bond motifs is 1. The number of nitrogens with one attached hydrogen (secondary N) is 1. The second-order valence-electron chi connectivity index (χ2n) is 4.11. The number of hydrogen-bond donors (Lipinski definition) is 1. The molecule has 0 saturated carbocycles. The number of methoxy groups -OCH3 is 1. The lowest BCUT2D eigenvalue weighted by molar-refractivity contribution is -0.117. The predicted molar refractivity (Wildman–Crippen MR) is 67.7 cm³/mol. The van der Waals surface area contributed by atoms with Crippen molar-refractivity contribution in [3.8, 4) is 0 Å². The topological polar surface area (TPSA) is 104 Å². The number of aryl methyl sites for hydroxylation is 1. The Labute approximate surface area is 109 Å². The van der Waals surface area contributed by atoms with Gasteiger partial charge in [0.1, 0.15) is 6.04 Å². The summed E-state index contributed by atoms with van der Waals surface area (Å²) in [4.78, 5) is 25.9. The van der Waals surface area contributed by atoms with Gasteiger partial charge in [-0.1, -0.05) is 5.11 Å². The van der Waals surface area contributed by atoms with Gasteiger partial charge in [0.25, 0.3) is 0 Å². The quantitative estimate of drug-likeness (QED) is 0.380. The summed E-state index contributed by atoms with van der Waals surface area (Å²) in [7, 11) is 1.31. The van der Waals surface area contributed by atoms with Gasteiger partial charge in [0, 0.05) is 10.6 Å². The summed E-state index contributed by atoms with van der Waals surface area (Å²) in [5.74, 6) is -0.757. The van der Waals surface area contributed by atoms with Crippen molar-refractivity contribution in [2.45, 2.75) is 18.9 Å². The van der Waals surface area contributed by atoms with Crippen molar-refractivity contribution in [1.29, 1.82) is 0 Å². The Hall–Kier alpha value is -2.53. The van der Waals surface area contributed by atoms with Gasteiger partial charge in [-0.3, -0.25) is 4.79 Å². The van der Waals surface area contributed by atoms with E-state index in [1.54, 1.807) is 18.2 Å². The fraction of sp³-hybridized carbons (Fsp3) is 0.333. The molecule has 0 aromatic heterocycles. The molecule has 1 heterocycles. The summed E-state index contributed by atoms with van der Waals surface area (Å²) in [5.41, 5.74) is 10.3. The molecule has 0 aliphatic carbocycles. The first-order valence-electron chi connectivity index (χ1n) is 5.72. The van der Waals surface area contributed by atoms with Crippen LogP contribution in [0.5, 0.6) is 0 Å². The van der Waals surface area contributed by atoms with Crippen molar-refractivity contribution in [2.75, 3.05) is 12.4 Å². The molecule has 0 radical (unpaired) electrons. The molecule has 1 unspecified atom stereocenters. The number of carbonyl (C=O) groups excluding carboxylic acids is 2. The van der Waals surface area contributed by atoms with Crippen molar-refractivity contribution < 1.29 is 14.3 Å². The molecule has 98 valence electrons. The zero-order chi connectivity index (χ0) is 13.8. The molecule has 0 saturated heterocycles. The van der Waals surface area contributed by atoms with Crippen molar-refractivity contribution in [3.63, 3.8) is 0 Å². The Morgan fingerprint density at radius 2 is 2.37 bits per heavy atom. The van der Waals surface area contributed by atoms with E-state index in [9.17, 15) is 9.59 Å². The van der Waals surface area contributed by atoms with E-state index >= 15 is 0 Å². The second-order valence-corrected chi connectivity index (χ2v) is 4.11. The van der Waals surface area contributed by atoms with Crippen molar-refractivity contribution in [3.05, 3.63) is 39.8 Å². The Morgan fingerprint density at radius 3 is 3.05 bits per heavy atom. The molecule has 1 amide bonds. The molecule has 1 aromatic rings. The minimum atomic E-state index is -0.723. The molecule has 19 heavy (non-hydrogen) atoms. The van der Waals surface area contributed by atoms with E-state index in [1.165, 1.54) is 7.11 Å². The van der Waals surface area contributed by atoms with E-state index in [1.807, 2.05) is 0 Å². The lowest BCUT2D eigenvalue weighted by Crippen LogP contribution is -2.24. The number of azide groups is 1. The number of rotatable bonds is 2. The first kappa shape index (κ1) is 12.9. The fourth-order valence-electron chi connectivity index (χ4n) is 1.98. The zero-order valence-electron chi connectivity index (χ0n) is 10.3. The van der Waals surface area contributed by atoms with Crippen molar-refractivity contribution in [1.82, 2.24) is 0 Å². The monoisotopic (exact) mass is 260 g/mol. The van der Waals surface area contributed by atoms with Gasteiger partial charge in [0.15, 0.2) is 0 Å². The Balaban J connectivity index is 2.32. The highest BCUT2D eigenvalue weighted by Crippen LogP contribution is 2.24. The van der Waals surface area contributed by atoms with Crippen LogP contribution < -0.4 is 5.32 Å². The maximum absolute atomic E-state index is 11.8. The summed E-state index contributed by atoms with van der Waals surface area (Å²) in [6, 6.07) is 4.19. The van der Waals surface area contributed by atoms with Crippen LogP contribution in [0, 0.1) is 0 Å². The molecule has 1 aliphatic rings. The minimum absolute atomic E-state index is 0.331. The number of esters is 1. The van der Waals surface area contributed by atoms with Gasteiger partial charge < -0.3 is 10.1 Å². The van der Waals surface area contributed by atoms with E-state index in [-0.39, 0.29) is 5.91 Å². The van der Waals surface area contributed by atoms with Crippen LogP contribution >= 0.6 is 0 Å². The van der Waals surface area contributed by atoms with E-state index in [2.05, 4.69) is 20.1 Å². The highest BCUT2D eigenvalue weighted by molar-refractivity contribution is 5.97. The SMILES string of the molecule is COC(=O)c1ccc2c(c1)CCC(N=[N+]=[N-])C(=O)N2. The average Bonchev–Trinajstić information content (AvgIpc) is 2.57. The first-order chi connectivity index (χ1) is 9.15. The van der Waals surface area contributed by atoms with Gasteiger partial charge in [-0.25, -0.2) is 4.79 Å². The normalized spacial score (nSPS) is 17.5. The van der Waals surface area contributed by atoms with Crippen LogP contribution in [-0.4, -0.2) is 25.0 Å². The van der Waals surface area contributed by atoms with Crippen molar-refractivity contribution >= 4 is 17.6 Å². The molecular weight excluding hydrogens is 248 g/mol. The number of hydrogen-bond acceptors (Lipinski definition) is 4. The molecule has 7 heteroatoms. The predicted octanol–water partition coefficient (Wildman–Crippen LogP) is 2.04. The number of anilines is 1. The van der Waals surface area contributed by atoms with Crippen LogP contribution in [0.2, 0.25) is 0 Å². The van der Waals surface area contributed by atoms with Crippen LogP contribution in [0.25, 0.3) is 10.4 Å². The molecule has 1 aromatic carbocycles.